The van der Waals surface area contributed by atoms with Crippen LogP contribution in [0.4, 0.5) is 0 Å². The predicted molar refractivity (Wildman–Crippen MR) is 37.5 cm³/mol. The fraction of sp³-hybridized carbons (Fsp3) is 0.600. The summed E-state index contributed by atoms with van der Waals surface area (Å²) in [6.07, 6.45) is -4.23. The second-order valence-corrected chi connectivity index (χ2v) is 1.85. The Kier molecular flexibility index (Phi) is 8.33. The average Bonchev–Trinajstić information content (AvgIpc) is 2.00. The Hall–Kier alpha value is 0.280. The van der Waals surface area contributed by atoms with Crippen LogP contribution >= 0.6 is 0 Å². The molecule has 0 aliphatic heterocycles. The normalized spacial score (nSPS) is 14.2. The van der Waals surface area contributed by atoms with Crippen molar-refractivity contribution in [3.05, 3.63) is 0 Å². The molecule has 0 spiro atoms. The molecule has 12 heavy (non-hydrogen) atoms. The predicted octanol–water partition coefficient (Wildman–Crippen LogP) is -3.03. The van der Waals surface area contributed by atoms with Crippen molar-refractivity contribution in [3.8, 4) is 0 Å². The van der Waals surface area contributed by atoms with E-state index in [0.717, 1.165) is 0 Å². The van der Waals surface area contributed by atoms with E-state index in [1.54, 1.807) is 0 Å². The number of carbonyl (C=O) groups excluding carboxylic acids is 1. The van der Waals surface area contributed by atoms with Gasteiger partial charge in [0.05, 0.1) is 0 Å². The Morgan fingerprint density at radius 1 is 1.17 bits per heavy atom. The zero-order valence-corrected chi connectivity index (χ0v) is 8.38. The van der Waals surface area contributed by atoms with E-state index in [4.69, 9.17) is 20.4 Å². The van der Waals surface area contributed by atoms with E-state index in [2.05, 4.69) is 0 Å². The number of rotatable bonds is 4. The molecule has 2 atom stereocenters. The largest absolute Gasteiger partial charge is 2.00 e. The molecule has 0 rings (SSSR count). The molecule has 0 saturated heterocycles. The Bertz CT molecular complexity index is 169. The molecule has 0 unspecified atom stereocenters. The molecule has 0 heterocycles. The first-order chi connectivity index (χ1) is 5.00. The van der Waals surface area contributed by atoms with Gasteiger partial charge in [-0.1, -0.05) is 0 Å². The summed E-state index contributed by atoms with van der Waals surface area (Å²) in [7, 11) is 0. The van der Waals surface area contributed by atoms with Crippen molar-refractivity contribution in [2.24, 2.45) is 0 Å². The third kappa shape index (κ3) is 4.34. The van der Waals surface area contributed by atoms with Crippen molar-refractivity contribution in [3.63, 3.8) is 0 Å². The van der Waals surface area contributed by atoms with Crippen molar-refractivity contribution in [1.82, 2.24) is 0 Å². The van der Waals surface area contributed by atoms with Gasteiger partial charge in [-0.15, -0.1) is 0 Å². The third-order valence-electron chi connectivity index (χ3n) is 1.04. The molecule has 7 heteroatoms. The molecule has 6 nitrogen and oxygen atoms in total. The maximum absolute atomic E-state index is 10.3. The van der Waals surface area contributed by atoms with E-state index >= 15 is 0 Å². The van der Waals surface area contributed by atoms with E-state index in [9.17, 15) is 9.59 Å². The van der Waals surface area contributed by atoms with E-state index in [1.807, 2.05) is 0 Å². The molecule has 0 aliphatic rings. The van der Waals surface area contributed by atoms with Gasteiger partial charge in [0.1, 0.15) is 6.61 Å². The summed E-state index contributed by atoms with van der Waals surface area (Å²) < 4.78 is 0. The van der Waals surface area contributed by atoms with Crippen LogP contribution in [0.5, 0.6) is 0 Å². The summed E-state index contributed by atoms with van der Waals surface area (Å²) in [6.45, 7) is -0.995. The maximum atomic E-state index is 10.3. The van der Waals surface area contributed by atoms with Crippen LogP contribution in [0.2, 0.25) is 0 Å². The fourth-order valence-corrected chi connectivity index (χ4v) is 0.405. The van der Waals surface area contributed by atoms with Gasteiger partial charge in [0, 0.05) is 0 Å². The molecule has 0 aromatic heterocycles. The topological polar surface area (TPSA) is 115 Å². The van der Waals surface area contributed by atoms with Crippen LogP contribution in [0.15, 0.2) is 0 Å². The summed E-state index contributed by atoms with van der Waals surface area (Å²) >= 11 is 0. The number of ketones is 1. The van der Waals surface area contributed by atoms with Crippen LogP contribution in [-0.4, -0.2) is 88.7 Å². The molecule has 0 saturated carbocycles. The number of Topliss-reactive ketones (excluding diaryl/α,β-unsaturated/α-hetero) is 1. The van der Waals surface area contributed by atoms with Crippen LogP contribution in [0.3, 0.4) is 0 Å². The quantitative estimate of drug-likeness (QED) is 0.362. The van der Waals surface area contributed by atoms with Crippen LogP contribution in [-0.2, 0) is 9.59 Å². The van der Waals surface area contributed by atoms with Gasteiger partial charge in [-0.25, -0.2) is 4.79 Å². The first-order valence-electron chi connectivity index (χ1n) is 2.73. The van der Waals surface area contributed by atoms with Gasteiger partial charge < -0.3 is 20.4 Å². The fourth-order valence-electron chi connectivity index (χ4n) is 0.405. The summed E-state index contributed by atoms with van der Waals surface area (Å²) in [5, 5.41) is 33.3. The first kappa shape index (κ1) is 14.8. The molecule has 0 aliphatic carbocycles. The minimum Gasteiger partial charge on any atom is -0.479 e. The van der Waals surface area contributed by atoms with Crippen molar-refractivity contribution in [2.75, 3.05) is 6.61 Å². The monoisotopic (exact) mass is 204 g/mol. The second kappa shape index (κ2) is 6.76. The Balaban J connectivity index is 0. The minimum atomic E-state index is -2.17. The van der Waals surface area contributed by atoms with Gasteiger partial charge >= 0.3 is 43.7 Å². The molecule has 0 fully saturated rings. The van der Waals surface area contributed by atoms with Gasteiger partial charge in [0.25, 0.3) is 0 Å². The van der Waals surface area contributed by atoms with Gasteiger partial charge in [0.2, 0.25) is 0 Å². The van der Waals surface area contributed by atoms with Crippen molar-refractivity contribution in [2.45, 2.75) is 12.2 Å². The molecular formula is C5H8CaO6+2. The van der Waals surface area contributed by atoms with Gasteiger partial charge in [-0.2, -0.15) is 0 Å². The van der Waals surface area contributed by atoms with Gasteiger partial charge in [-0.3, -0.25) is 4.79 Å². The Labute approximate surface area is 97.8 Å². The Morgan fingerprint density at radius 3 is 1.83 bits per heavy atom. The summed E-state index contributed by atoms with van der Waals surface area (Å²) in [4.78, 5) is 20.3. The van der Waals surface area contributed by atoms with E-state index < -0.39 is 30.6 Å². The number of aliphatic hydroxyl groups excluding tert-OH is 3. The second-order valence-electron chi connectivity index (χ2n) is 1.85. The van der Waals surface area contributed by atoms with Crippen molar-refractivity contribution < 1.29 is 30.0 Å². The molecule has 4 N–H and O–H groups in total. The number of carbonyl (C=O) groups is 2. The van der Waals surface area contributed by atoms with Gasteiger partial charge in [0.15, 0.2) is 18.0 Å². The minimum absolute atomic E-state index is 0. The zero-order chi connectivity index (χ0) is 9.02. The Morgan fingerprint density at radius 2 is 1.58 bits per heavy atom. The van der Waals surface area contributed by atoms with Crippen LogP contribution in [0.1, 0.15) is 0 Å². The zero-order valence-electron chi connectivity index (χ0n) is 6.17. The van der Waals surface area contributed by atoms with Crippen molar-refractivity contribution in [1.29, 1.82) is 0 Å². The molecule has 0 radical (unpaired) electrons. The van der Waals surface area contributed by atoms with Crippen LogP contribution in [0.25, 0.3) is 0 Å². The molecule has 64 valence electrons. The summed E-state index contributed by atoms with van der Waals surface area (Å²) in [6, 6.07) is 0. The number of carboxylic acid groups (broad SMARTS) is 1. The number of aliphatic hydroxyl groups is 3. The number of aliphatic carboxylic acids is 1. The SMILES string of the molecule is O=C(O)[C@@H](O)[C@H](O)C(=O)CO.[Ca+2]. The first-order valence-corrected chi connectivity index (χ1v) is 2.73. The van der Waals surface area contributed by atoms with Crippen molar-refractivity contribution >= 4 is 49.5 Å². The standard InChI is InChI=1S/C5H8O6.Ca/c6-1-2(7)3(8)4(9)5(10)11;/h3-4,6,8-9H,1H2,(H,10,11);/q;+2/t3-,4+;/m1./s1. The maximum Gasteiger partial charge on any atom is 2.00 e. The van der Waals surface area contributed by atoms with Crippen LogP contribution < -0.4 is 0 Å². The molecule has 0 bridgehead atoms. The van der Waals surface area contributed by atoms with E-state index in [-0.39, 0.29) is 37.7 Å². The van der Waals surface area contributed by atoms with E-state index in [0.29, 0.717) is 0 Å². The van der Waals surface area contributed by atoms with Crippen LogP contribution in [0, 0.1) is 0 Å². The summed E-state index contributed by atoms with van der Waals surface area (Å²) in [5.41, 5.74) is 0. The molecule has 0 aromatic carbocycles. The molecule has 0 aromatic rings. The van der Waals surface area contributed by atoms with E-state index in [1.165, 1.54) is 0 Å². The number of hydrogen-bond acceptors (Lipinski definition) is 5. The molecule has 0 amide bonds. The third-order valence-corrected chi connectivity index (χ3v) is 1.04. The molecular weight excluding hydrogens is 196 g/mol. The van der Waals surface area contributed by atoms with Gasteiger partial charge in [-0.05, 0) is 0 Å². The summed E-state index contributed by atoms with van der Waals surface area (Å²) in [5.74, 6) is -2.83. The average molecular weight is 204 g/mol. The number of carboxylic acids is 1. The smallest absolute Gasteiger partial charge is 0.479 e. The number of hydrogen-bond donors (Lipinski definition) is 4.